The molecule has 0 saturated heterocycles. The van der Waals surface area contributed by atoms with Gasteiger partial charge in [0.25, 0.3) is 0 Å². The van der Waals surface area contributed by atoms with Crippen molar-refractivity contribution in [2.24, 2.45) is 0 Å². The normalized spacial score (nSPS) is 17.7. The highest BCUT2D eigenvalue weighted by Gasteiger charge is 2.30. The lowest BCUT2D eigenvalue weighted by atomic mass is 10.0. The molecule has 0 radical (unpaired) electrons. The molecule has 1 fully saturated rings. The van der Waals surface area contributed by atoms with Crippen LogP contribution in [0.5, 0.6) is 0 Å². The average Bonchev–Trinajstić information content (AvgIpc) is 2.74. The molecule has 1 aliphatic carbocycles. The molecule has 1 aromatic carbocycles. The highest BCUT2D eigenvalue weighted by Crippen LogP contribution is 2.30. The van der Waals surface area contributed by atoms with Gasteiger partial charge in [-0.1, -0.05) is 24.4 Å². The molecule has 0 spiro atoms. The molecular formula is C13H15ClN2O. The molecule has 0 unspecified atom stereocenters. The van der Waals surface area contributed by atoms with Crippen LogP contribution in [0, 0.1) is 11.3 Å². The third kappa shape index (κ3) is 2.91. The fourth-order valence-electron chi connectivity index (χ4n) is 2.23. The van der Waals surface area contributed by atoms with Crippen LogP contribution >= 0.6 is 11.6 Å². The topological polar surface area (TPSA) is 56.0 Å². The van der Waals surface area contributed by atoms with Crippen LogP contribution in [0.4, 0.5) is 5.69 Å². The SMILES string of the molecule is N#Cc1ccc(Cl)cc1NCC1(O)CCCC1. The summed E-state index contributed by atoms with van der Waals surface area (Å²) in [6.07, 6.45) is 3.78. The zero-order chi connectivity index (χ0) is 12.3. The van der Waals surface area contributed by atoms with Crippen LogP contribution in [-0.4, -0.2) is 17.3 Å². The van der Waals surface area contributed by atoms with Crippen LogP contribution in [0.3, 0.4) is 0 Å². The Kier molecular flexibility index (Phi) is 3.56. The fraction of sp³-hybridized carbons (Fsp3) is 0.462. The minimum absolute atomic E-state index is 0.474. The molecular weight excluding hydrogens is 236 g/mol. The van der Waals surface area contributed by atoms with Crippen LogP contribution < -0.4 is 5.32 Å². The third-order valence-electron chi connectivity index (χ3n) is 3.24. The summed E-state index contributed by atoms with van der Waals surface area (Å²) < 4.78 is 0. The number of halogens is 1. The number of nitrogens with zero attached hydrogens (tertiary/aromatic N) is 1. The number of rotatable bonds is 3. The molecule has 17 heavy (non-hydrogen) atoms. The number of hydrogen-bond acceptors (Lipinski definition) is 3. The average molecular weight is 251 g/mol. The van der Waals surface area contributed by atoms with Crippen molar-refractivity contribution in [1.82, 2.24) is 0 Å². The second kappa shape index (κ2) is 4.95. The first-order valence-electron chi connectivity index (χ1n) is 5.79. The summed E-state index contributed by atoms with van der Waals surface area (Å²) in [4.78, 5) is 0. The van der Waals surface area contributed by atoms with Crippen molar-refractivity contribution in [3.63, 3.8) is 0 Å². The molecule has 1 saturated carbocycles. The molecule has 2 rings (SSSR count). The van der Waals surface area contributed by atoms with Gasteiger partial charge in [-0.05, 0) is 31.0 Å². The van der Waals surface area contributed by atoms with Crippen LogP contribution in [0.15, 0.2) is 18.2 Å². The van der Waals surface area contributed by atoms with Gasteiger partial charge in [0.1, 0.15) is 6.07 Å². The van der Waals surface area contributed by atoms with Gasteiger partial charge in [-0.25, -0.2) is 0 Å². The second-order valence-electron chi connectivity index (χ2n) is 4.59. The van der Waals surface area contributed by atoms with Crippen LogP contribution in [0.2, 0.25) is 5.02 Å². The molecule has 1 aliphatic rings. The molecule has 0 atom stereocenters. The van der Waals surface area contributed by atoms with Crippen molar-refractivity contribution in [3.05, 3.63) is 28.8 Å². The Morgan fingerprint density at radius 1 is 1.41 bits per heavy atom. The highest BCUT2D eigenvalue weighted by atomic mass is 35.5. The van der Waals surface area contributed by atoms with Crippen molar-refractivity contribution in [1.29, 1.82) is 5.26 Å². The molecule has 0 aliphatic heterocycles. The van der Waals surface area contributed by atoms with E-state index in [9.17, 15) is 5.11 Å². The predicted molar refractivity (Wildman–Crippen MR) is 68.1 cm³/mol. The predicted octanol–water partition coefficient (Wildman–Crippen LogP) is 2.93. The van der Waals surface area contributed by atoms with Gasteiger partial charge in [0.15, 0.2) is 0 Å². The number of aliphatic hydroxyl groups is 1. The lowest BCUT2D eigenvalue weighted by Crippen LogP contribution is -2.33. The highest BCUT2D eigenvalue weighted by molar-refractivity contribution is 6.30. The largest absolute Gasteiger partial charge is 0.388 e. The molecule has 0 bridgehead atoms. The van der Waals surface area contributed by atoms with Crippen molar-refractivity contribution in [3.8, 4) is 6.07 Å². The van der Waals surface area contributed by atoms with E-state index in [0.29, 0.717) is 22.8 Å². The van der Waals surface area contributed by atoms with Gasteiger partial charge in [-0.15, -0.1) is 0 Å². The van der Waals surface area contributed by atoms with E-state index >= 15 is 0 Å². The summed E-state index contributed by atoms with van der Waals surface area (Å²) in [6.45, 7) is 0.474. The monoisotopic (exact) mass is 250 g/mol. The summed E-state index contributed by atoms with van der Waals surface area (Å²) in [5.41, 5.74) is 0.617. The van der Waals surface area contributed by atoms with Gasteiger partial charge in [-0.3, -0.25) is 0 Å². The Labute approximate surface area is 106 Å². The first kappa shape index (κ1) is 12.2. The Morgan fingerprint density at radius 3 is 2.76 bits per heavy atom. The van der Waals surface area contributed by atoms with Crippen molar-refractivity contribution < 1.29 is 5.11 Å². The molecule has 0 aromatic heterocycles. The van der Waals surface area contributed by atoms with E-state index in [-0.39, 0.29) is 0 Å². The van der Waals surface area contributed by atoms with Crippen molar-refractivity contribution in [2.75, 3.05) is 11.9 Å². The zero-order valence-corrected chi connectivity index (χ0v) is 10.3. The minimum Gasteiger partial charge on any atom is -0.388 e. The van der Waals surface area contributed by atoms with Gasteiger partial charge in [0, 0.05) is 11.6 Å². The molecule has 4 heteroatoms. The quantitative estimate of drug-likeness (QED) is 0.867. The summed E-state index contributed by atoms with van der Waals surface area (Å²) in [6, 6.07) is 7.20. The van der Waals surface area contributed by atoms with E-state index in [1.54, 1.807) is 18.2 Å². The zero-order valence-electron chi connectivity index (χ0n) is 9.54. The number of benzene rings is 1. The van der Waals surface area contributed by atoms with E-state index < -0.39 is 5.60 Å². The van der Waals surface area contributed by atoms with Crippen molar-refractivity contribution >= 4 is 17.3 Å². The summed E-state index contributed by atoms with van der Waals surface area (Å²) in [5, 5.41) is 22.9. The maximum Gasteiger partial charge on any atom is 0.101 e. The maximum absolute atomic E-state index is 10.2. The summed E-state index contributed by atoms with van der Waals surface area (Å²) in [7, 11) is 0. The number of hydrogen-bond donors (Lipinski definition) is 2. The van der Waals surface area contributed by atoms with E-state index in [0.717, 1.165) is 25.7 Å². The van der Waals surface area contributed by atoms with Gasteiger partial charge in [-0.2, -0.15) is 5.26 Å². The van der Waals surface area contributed by atoms with Gasteiger partial charge >= 0.3 is 0 Å². The molecule has 3 nitrogen and oxygen atoms in total. The molecule has 90 valence electrons. The summed E-state index contributed by atoms with van der Waals surface area (Å²) in [5.74, 6) is 0. The molecule has 0 heterocycles. The number of nitrogens with one attached hydrogen (secondary N) is 1. The Hall–Kier alpha value is -1.24. The van der Waals surface area contributed by atoms with E-state index in [1.807, 2.05) is 0 Å². The van der Waals surface area contributed by atoms with Crippen LogP contribution in [0.25, 0.3) is 0 Å². The van der Waals surface area contributed by atoms with Crippen molar-refractivity contribution in [2.45, 2.75) is 31.3 Å². The Balaban J connectivity index is 2.08. The second-order valence-corrected chi connectivity index (χ2v) is 5.02. The molecule has 1 aromatic rings. The smallest absolute Gasteiger partial charge is 0.101 e. The number of nitriles is 1. The molecule has 0 amide bonds. The maximum atomic E-state index is 10.2. The van der Waals surface area contributed by atoms with E-state index in [4.69, 9.17) is 16.9 Å². The lowest BCUT2D eigenvalue weighted by Gasteiger charge is -2.23. The van der Waals surface area contributed by atoms with Gasteiger partial charge < -0.3 is 10.4 Å². The van der Waals surface area contributed by atoms with Gasteiger partial charge in [0.2, 0.25) is 0 Å². The summed E-state index contributed by atoms with van der Waals surface area (Å²) >= 11 is 5.89. The lowest BCUT2D eigenvalue weighted by molar-refractivity contribution is 0.0615. The van der Waals surface area contributed by atoms with Crippen LogP contribution in [-0.2, 0) is 0 Å². The number of anilines is 1. The minimum atomic E-state index is -0.630. The standard InChI is InChI=1S/C13H15ClN2O/c14-11-4-3-10(8-15)12(7-11)16-9-13(17)5-1-2-6-13/h3-4,7,16-17H,1-2,5-6,9H2. The Morgan fingerprint density at radius 2 is 2.12 bits per heavy atom. The van der Waals surface area contributed by atoms with E-state index in [1.165, 1.54) is 0 Å². The Bertz CT molecular complexity index is 447. The van der Waals surface area contributed by atoms with E-state index in [2.05, 4.69) is 11.4 Å². The fourth-order valence-corrected chi connectivity index (χ4v) is 2.40. The molecule has 2 N–H and O–H groups in total. The first-order chi connectivity index (χ1) is 8.13. The first-order valence-corrected chi connectivity index (χ1v) is 6.17. The van der Waals surface area contributed by atoms with Gasteiger partial charge in [0.05, 0.1) is 16.9 Å². The third-order valence-corrected chi connectivity index (χ3v) is 3.48. The van der Waals surface area contributed by atoms with Crippen LogP contribution in [0.1, 0.15) is 31.2 Å².